The van der Waals surface area contributed by atoms with Crippen LogP contribution in [0.5, 0.6) is 0 Å². The van der Waals surface area contributed by atoms with E-state index in [-0.39, 0.29) is 11.7 Å². The molecule has 0 radical (unpaired) electrons. The molecule has 0 atom stereocenters. The minimum Gasteiger partial charge on any atom is -0.384 e. The summed E-state index contributed by atoms with van der Waals surface area (Å²) in [7, 11) is 0. The van der Waals surface area contributed by atoms with Gasteiger partial charge in [-0.05, 0) is 30.3 Å². The van der Waals surface area contributed by atoms with Gasteiger partial charge in [0.2, 0.25) is 0 Å². The van der Waals surface area contributed by atoms with Gasteiger partial charge in [0.15, 0.2) is 0 Å². The molecule has 6 heteroatoms. The number of amides is 1. The highest BCUT2D eigenvalue weighted by molar-refractivity contribution is 6.34. The molecule has 1 amide bonds. The summed E-state index contributed by atoms with van der Waals surface area (Å²) in [5.74, 6) is -0.115. The van der Waals surface area contributed by atoms with Gasteiger partial charge in [0, 0.05) is 11.8 Å². The quantitative estimate of drug-likeness (QED) is 0.878. The molecule has 3 N–H and O–H groups in total. The van der Waals surface area contributed by atoms with Crippen molar-refractivity contribution >= 4 is 29.0 Å². The van der Waals surface area contributed by atoms with Crippen molar-refractivity contribution in [3.05, 3.63) is 52.7 Å². The van der Waals surface area contributed by atoms with E-state index in [1.54, 1.807) is 12.1 Å². The number of anilines is 2. The van der Waals surface area contributed by atoms with Crippen molar-refractivity contribution in [2.24, 2.45) is 0 Å². The number of aromatic nitrogens is 1. The summed E-state index contributed by atoms with van der Waals surface area (Å²) in [5.41, 5.74) is 6.66. The first-order valence-electron chi connectivity index (χ1n) is 5.32. The highest BCUT2D eigenvalue weighted by atomic mass is 35.5. The number of hydrogen-bond donors (Lipinski definition) is 2. The van der Waals surface area contributed by atoms with Gasteiger partial charge in [-0.3, -0.25) is 4.79 Å². The van der Waals surface area contributed by atoms with Crippen LogP contribution in [0.3, 0.4) is 0 Å². The third-order valence-corrected chi connectivity index (χ3v) is 2.72. The van der Waals surface area contributed by atoms with E-state index in [9.17, 15) is 4.79 Å². The van der Waals surface area contributed by atoms with E-state index in [4.69, 9.17) is 22.6 Å². The SMILES string of the molecule is N#Cc1ccc(Cl)c(NC(=O)c2ccnc(N)c2)c1. The summed E-state index contributed by atoms with van der Waals surface area (Å²) in [4.78, 5) is 15.8. The predicted octanol–water partition coefficient (Wildman–Crippen LogP) is 2.44. The number of nitrogens with two attached hydrogens (primary N) is 1. The Kier molecular flexibility index (Phi) is 3.64. The summed E-state index contributed by atoms with van der Waals surface area (Å²) in [6, 6.07) is 9.60. The fourth-order valence-corrected chi connectivity index (χ4v) is 1.64. The van der Waals surface area contributed by atoms with Crippen LogP contribution in [0.4, 0.5) is 11.5 Å². The molecule has 0 aliphatic carbocycles. The average Bonchev–Trinajstić information content (AvgIpc) is 2.41. The Morgan fingerprint density at radius 2 is 2.16 bits per heavy atom. The molecular formula is C13H9ClN4O. The lowest BCUT2D eigenvalue weighted by molar-refractivity contribution is 0.102. The van der Waals surface area contributed by atoms with Gasteiger partial charge in [0.1, 0.15) is 5.82 Å². The molecule has 0 fully saturated rings. The van der Waals surface area contributed by atoms with Gasteiger partial charge in [-0.2, -0.15) is 5.26 Å². The number of nitrogens with zero attached hydrogens (tertiary/aromatic N) is 2. The van der Waals surface area contributed by atoms with Crippen molar-refractivity contribution in [3.8, 4) is 6.07 Å². The highest BCUT2D eigenvalue weighted by Gasteiger charge is 2.09. The van der Waals surface area contributed by atoms with E-state index in [2.05, 4.69) is 10.3 Å². The summed E-state index contributed by atoms with van der Waals surface area (Å²) < 4.78 is 0. The van der Waals surface area contributed by atoms with E-state index in [0.29, 0.717) is 21.8 Å². The Labute approximate surface area is 114 Å². The molecule has 0 bridgehead atoms. The Hall–Kier alpha value is -2.58. The van der Waals surface area contributed by atoms with Crippen molar-refractivity contribution < 1.29 is 4.79 Å². The maximum absolute atomic E-state index is 12.0. The highest BCUT2D eigenvalue weighted by Crippen LogP contribution is 2.23. The Morgan fingerprint density at radius 1 is 1.37 bits per heavy atom. The van der Waals surface area contributed by atoms with Gasteiger partial charge in [-0.15, -0.1) is 0 Å². The molecule has 5 nitrogen and oxygen atoms in total. The first kappa shape index (κ1) is 12.9. The maximum Gasteiger partial charge on any atom is 0.255 e. The molecule has 1 aromatic heterocycles. The number of pyridine rings is 1. The molecule has 1 heterocycles. The van der Waals surface area contributed by atoms with Crippen molar-refractivity contribution in [3.63, 3.8) is 0 Å². The van der Waals surface area contributed by atoms with Gasteiger partial charge in [-0.25, -0.2) is 4.98 Å². The molecule has 0 aliphatic rings. The second kappa shape index (κ2) is 5.38. The van der Waals surface area contributed by atoms with Crippen LogP contribution in [-0.2, 0) is 0 Å². The van der Waals surface area contributed by atoms with Crippen molar-refractivity contribution in [2.45, 2.75) is 0 Å². The van der Waals surface area contributed by atoms with Crippen molar-refractivity contribution in [2.75, 3.05) is 11.1 Å². The van der Waals surface area contributed by atoms with Crippen molar-refractivity contribution in [1.29, 1.82) is 5.26 Å². The zero-order chi connectivity index (χ0) is 13.8. The number of nitriles is 1. The summed E-state index contributed by atoms with van der Waals surface area (Å²) >= 11 is 5.95. The van der Waals surface area contributed by atoms with Crippen LogP contribution in [-0.4, -0.2) is 10.9 Å². The minimum absolute atomic E-state index is 0.254. The second-order valence-corrected chi connectivity index (χ2v) is 4.14. The molecule has 0 aliphatic heterocycles. The van der Waals surface area contributed by atoms with Gasteiger partial charge >= 0.3 is 0 Å². The number of hydrogen-bond acceptors (Lipinski definition) is 4. The van der Waals surface area contributed by atoms with E-state index < -0.39 is 0 Å². The second-order valence-electron chi connectivity index (χ2n) is 3.73. The fourth-order valence-electron chi connectivity index (χ4n) is 1.47. The Morgan fingerprint density at radius 3 is 2.84 bits per heavy atom. The average molecular weight is 273 g/mol. The lowest BCUT2D eigenvalue weighted by atomic mass is 10.2. The van der Waals surface area contributed by atoms with Crippen LogP contribution >= 0.6 is 11.6 Å². The van der Waals surface area contributed by atoms with Gasteiger partial charge < -0.3 is 11.1 Å². The van der Waals surface area contributed by atoms with Crippen LogP contribution < -0.4 is 11.1 Å². The minimum atomic E-state index is -0.369. The zero-order valence-electron chi connectivity index (χ0n) is 9.72. The molecule has 0 saturated carbocycles. The lowest BCUT2D eigenvalue weighted by Crippen LogP contribution is -2.13. The van der Waals surface area contributed by atoms with Gasteiger partial charge in [0.25, 0.3) is 5.91 Å². The maximum atomic E-state index is 12.0. The zero-order valence-corrected chi connectivity index (χ0v) is 10.5. The van der Waals surface area contributed by atoms with E-state index >= 15 is 0 Å². The van der Waals surface area contributed by atoms with E-state index in [0.717, 1.165) is 0 Å². The first-order valence-corrected chi connectivity index (χ1v) is 5.70. The number of carbonyl (C=O) groups is 1. The lowest BCUT2D eigenvalue weighted by Gasteiger charge is -2.07. The number of carbonyl (C=O) groups excluding carboxylic acids is 1. The number of nitrogens with one attached hydrogen (secondary N) is 1. The third kappa shape index (κ3) is 3.00. The van der Waals surface area contributed by atoms with E-state index in [1.807, 2.05) is 6.07 Å². The fraction of sp³-hybridized carbons (Fsp3) is 0. The van der Waals surface area contributed by atoms with Crippen LogP contribution in [0, 0.1) is 11.3 Å². The van der Waals surface area contributed by atoms with Crippen molar-refractivity contribution in [1.82, 2.24) is 4.98 Å². The summed E-state index contributed by atoms with van der Waals surface area (Å²) in [5, 5.41) is 11.8. The van der Waals surface area contributed by atoms with E-state index in [1.165, 1.54) is 24.4 Å². The van der Waals surface area contributed by atoms with Crippen LogP contribution in [0.15, 0.2) is 36.5 Å². The monoisotopic (exact) mass is 272 g/mol. The number of benzene rings is 1. The Balaban J connectivity index is 2.27. The molecule has 0 spiro atoms. The normalized spacial score (nSPS) is 9.68. The molecule has 2 aromatic rings. The molecule has 1 aromatic carbocycles. The predicted molar refractivity (Wildman–Crippen MR) is 72.8 cm³/mol. The van der Waals surface area contributed by atoms with Crippen LogP contribution in [0.2, 0.25) is 5.02 Å². The molecular weight excluding hydrogens is 264 g/mol. The topological polar surface area (TPSA) is 91.8 Å². The molecule has 0 saturated heterocycles. The summed E-state index contributed by atoms with van der Waals surface area (Å²) in [6.45, 7) is 0. The van der Waals surface area contributed by atoms with Gasteiger partial charge in [-0.1, -0.05) is 11.6 Å². The molecule has 19 heavy (non-hydrogen) atoms. The molecule has 94 valence electrons. The standard InChI is InChI=1S/C13H9ClN4O/c14-10-2-1-8(7-15)5-11(10)18-13(19)9-3-4-17-12(16)6-9/h1-6H,(H2,16,17)(H,18,19). The molecule has 0 unspecified atom stereocenters. The summed E-state index contributed by atoms with van der Waals surface area (Å²) in [6.07, 6.45) is 1.44. The molecule has 2 rings (SSSR count). The third-order valence-electron chi connectivity index (χ3n) is 2.39. The first-order chi connectivity index (χ1) is 9.10. The van der Waals surface area contributed by atoms with Gasteiger partial charge in [0.05, 0.1) is 22.3 Å². The largest absolute Gasteiger partial charge is 0.384 e. The van der Waals surface area contributed by atoms with Crippen LogP contribution in [0.25, 0.3) is 0 Å². The number of halogens is 1. The van der Waals surface area contributed by atoms with Crippen LogP contribution in [0.1, 0.15) is 15.9 Å². The number of rotatable bonds is 2. The Bertz CT molecular complexity index is 679. The smallest absolute Gasteiger partial charge is 0.255 e. The number of nitrogen functional groups attached to an aromatic ring is 1.